The number of amides is 1. The highest BCUT2D eigenvalue weighted by molar-refractivity contribution is 5.91. The maximum absolute atomic E-state index is 12.4. The number of hydrogen-bond donors (Lipinski definition) is 0. The first-order valence-corrected chi connectivity index (χ1v) is 11.3. The highest BCUT2D eigenvalue weighted by atomic mass is 16.5. The van der Waals surface area contributed by atoms with E-state index in [1.54, 1.807) is 13.2 Å². The minimum Gasteiger partial charge on any atom is -0.466 e. The van der Waals surface area contributed by atoms with Gasteiger partial charge in [0.05, 0.1) is 19.3 Å². The van der Waals surface area contributed by atoms with Gasteiger partial charge in [-0.3, -0.25) is 14.4 Å². The van der Waals surface area contributed by atoms with E-state index < -0.39 is 0 Å². The molecular weight excluding hydrogens is 394 g/mol. The van der Waals surface area contributed by atoms with Gasteiger partial charge in [-0.15, -0.1) is 0 Å². The standard InChI is InChI=1S/C25H35NO5/c1-3-31-25(29)11-6-4-5-7-16-26-22(13-15-24(26)28)12-14-23(27)18-20-9-8-10-21(17-20)19-30-2/h8-10,12,14,17,22H,3-7,11,13,15-16,18-19H2,1-2H3/b14-12+/t22-/m0/s1. The van der Waals surface area contributed by atoms with E-state index in [2.05, 4.69) is 0 Å². The van der Waals surface area contributed by atoms with Crippen LogP contribution in [-0.4, -0.2) is 48.9 Å². The fourth-order valence-corrected chi connectivity index (χ4v) is 3.86. The number of unbranched alkanes of at least 4 members (excludes halogenated alkanes) is 3. The third-order valence-electron chi connectivity index (χ3n) is 5.39. The summed E-state index contributed by atoms with van der Waals surface area (Å²) in [5, 5.41) is 0. The Balaban J connectivity index is 1.75. The van der Waals surface area contributed by atoms with Gasteiger partial charge in [0.25, 0.3) is 0 Å². The van der Waals surface area contributed by atoms with Gasteiger partial charge in [0.1, 0.15) is 0 Å². The Morgan fingerprint density at radius 2 is 1.94 bits per heavy atom. The summed E-state index contributed by atoms with van der Waals surface area (Å²) in [4.78, 5) is 37.9. The van der Waals surface area contributed by atoms with E-state index >= 15 is 0 Å². The van der Waals surface area contributed by atoms with Crippen LogP contribution in [0.15, 0.2) is 36.4 Å². The molecule has 1 aliphatic rings. The zero-order chi connectivity index (χ0) is 22.5. The summed E-state index contributed by atoms with van der Waals surface area (Å²) >= 11 is 0. The molecular formula is C25H35NO5. The molecule has 1 amide bonds. The first kappa shape index (κ1) is 24.8. The van der Waals surface area contributed by atoms with Crippen molar-refractivity contribution in [1.82, 2.24) is 4.90 Å². The lowest BCUT2D eigenvalue weighted by Gasteiger charge is -2.22. The van der Waals surface area contributed by atoms with Gasteiger partial charge in [0, 0.05) is 32.9 Å². The largest absolute Gasteiger partial charge is 0.466 e. The number of carbonyl (C=O) groups is 3. The molecule has 0 bridgehead atoms. The highest BCUT2D eigenvalue weighted by Crippen LogP contribution is 2.21. The van der Waals surface area contributed by atoms with Crippen molar-refractivity contribution in [3.05, 3.63) is 47.5 Å². The van der Waals surface area contributed by atoms with Gasteiger partial charge >= 0.3 is 5.97 Å². The van der Waals surface area contributed by atoms with Crippen molar-refractivity contribution in [2.45, 2.75) is 70.9 Å². The SMILES string of the molecule is CCOC(=O)CCCCCCN1C(=O)CC[C@@H]1/C=C/C(=O)Cc1cccc(COC)c1. The topological polar surface area (TPSA) is 72.9 Å². The summed E-state index contributed by atoms with van der Waals surface area (Å²) in [6, 6.07) is 7.84. The molecule has 1 aromatic carbocycles. The normalized spacial score (nSPS) is 16.3. The summed E-state index contributed by atoms with van der Waals surface area (Å²) in [5.41, 5.74) is 2.01. The molecule has 0 aliphatic carbocycles. The van der Waals surface area contributed by atoms with Crippen LogP contribution in [0, 0.1) is 0 Å². The summed E-state index contributed by atoms with van der Waals surface area (Å²) in [6.07, 6.45) is 9.23. The van der Waals surface area contributed by atoms with Crippen LogP contribution in [0.3, 0.4) is 0 Å². The zero-order valence-electron chi connectivity index (χ0n) is 18.8. The average Bonchev–Trinajstić information content (AvgIpc) is 3.09. The second-order valence-electron chi connectivity index (χ2n) is 7.92. The van der Waals surface area contributed by atoms with Crippen LogP contribution in [-0.2, 0) is 36.9 Å². The number of nitrogens with zero attached hydrogens (tertiary/aromatic N) is 1. The van der Waals surface area contributed by atoms with E-state index in [0.717, 1.165) is 43.2 Å². The number of rotatable bonds is 14. The number of likely N-dealkylation sites (tertiary alicyclic amines) is 1. The second-order valence-corrected chi connectivity index (χ2v) is 7.92. The Morgan fingerprint density at radius 1 is 1.16 bits per heavy atom. The summed E-state index contributed by atoms with van der Waals surface area (Å²) in [6.45, 7) is 3.46. The number of benzene rings is 1. The summed E-state index contributed by atoms with van der Waals surface area (Å²) in [7, 11) is 1.65. The number of methoxy groups -OCH3 is 1. The van der Waals surface area contributed by atoms with Crippen molar-refractivity contribution in [3.8, 4) is 0 Å². The monoisotopic (exact) mass is 429 g/mol. The molecule has 31 heavy (non-hydrogen) atoms. The first-order chi connectivity index (χ1) is 15.0. The molecule has 1 aliphatic heterocycles. The molecule has 1 saturated heterocycles. The van der Waals surface area contributed by atoms with E-state index in [1.807, 2.05) is 42.2 Å². The van der Waals surface area contributed by atoms with E-state index in [-0.39, 0.29) is 23.7 Å². The number of ether oxygens (including phenoxy) is 2. The fraction of sp³-hybridized carbons (Fsp3) is 0.560. The van der Waals surface area contributed by atoms with Gasteiger partial charge in [-0.2, -0.15) is 0 Å². The van der Waals surface area contributed by atoms with Crippen LogP contribution >= 0.6 is 0 Å². The molecule has 0 unspecified atom stereocenters. The van der Waals surface area contributed by atoms with Gasteiger partial charge in [0.2, 0.25) is 5.91 Å². The van der Waals surface area contributed by atoms with Crippen LogP contribution in [0.1, 0.15) is 63.0 Å². The third kappa shape index (κ3) is 9.05. The van der Waals surface area contributed by atoms with Gasteiger partial charge < -0.3 is 14.4 Å². The van der Waals surface area contributed by atoms with Gasteiger partial charge in [0.15, 0.2) is 5.78 Å². The van der Waals surface area contributed by atoms with E-state index in [4.69, 9.17) is 9.47 Å². The molecule has 1 heterocycles. The average molecular weight is 430 g/mol. The molecule has 0 radical (unpaired) electrons. The number of ketones is 1. The molecule has 2 rings (SSSR count). The van der Waals surface area contributed by atoms with E-state index in [9.17, 15) is 14.4 Å². The molecule has 1 atom stereocenters. The summed E-state index contributed by atoms with van der Waals surface area (Å²) < 4.78 is 10.1. The van der Waals surface area contributed by atoms with Gasteiger partial charge in [-0.1, -0.05) is 43.2 Å². The smallest absolute Gasteiger partial charge is 0.305 e. The van der Waals surface area contributed by atoms with E-state index in [0.29, 0.717) is 39.0 Å². The maximum Gasteiger partial charge on any atom is 0.305 e. The van der Waals surface area contributed by atoms with Crippen molar-refractivity contribution in [3.63, 3.8) is 0 Å². The highest BCUT2D eigenvalue weighted by Gasteiger charge is 2.28. The Morgan fingerprint density at radius 3 is 2.71 bits per heavy atom. The van der Waals surface area contributed by atoms with Gasteiger partial charge in [-0.25, -0.2) is 0 Å². The molecule has 0 N–H and O–H groups in total. The van der Waals surface area contributed by atoms with Crippen LogP contribution in [0.5, 0.6) is 0 Å². The molecule has 0 aromatic heterocycles. The summed E-state index contributed by atoms with van der Waals surface area (Å²) in [5.74, 6) is 0.0474. The Bertz CT molecular complexity index is 758. The lowest BCUT2D eigenvalue weighted by Crippen LogP contribution is -2.32. The number of carbonyl (C=O) groups excluding carboxylic acids is 3. The van der Waals surface area contributed by atoms with Crippen LogP contribution < -0.4 is 0 Å². The minimum atomic E-state index is -0.141. The van der Waals surface area contributed by atoms with Gasteiger partial charge in [-0.05, 0) is 43.4 Å². The molecule has 0 spiro atoms. The van der Waals surface area contributed by atoms with Crippen molar-refractivity contribution in [1.29, 1.82) is 0 Å². The fourth-order valence-electron chi connectivity index (χ4n) is 3.86. The van der Waals surface area contributed by atoms with Crippen LogP contribution in [0.25, 0.3) is 0 Å². The third-order valence-corrected chi connectivity index (χ3v) is 5.39. The Kier molecular flexibility index (Phi) is 11.0. The van der Waals surface area contributed by atoms with Crippen molar-refractivity contribution in [2.24, 2.45) is 0 Å². The van der Waals surface area contributed by atoms with Crippen LogP contribution in [0.2, 0.25) is 0 Å². The quantitative estimate of drug-likeness (QED) is 0.254. The van der Waals surface area contributed by atoms with Crippen LogP contribution in [0.4, 0.5) is 0 Å². The number of hydrogen-bond acceptors (Lipinski definition) is 5. The Hall–Kier alpha value is -2.47. The minimum absolute atomic E-state index is 0.00388. The predicted molar refractivity (Wildman–Crippen MR) is 119 cm³/mol. The molecule has 170 valence electrons. The second kappa shape index (κ2) is 13.8. The molecule has 6 nitrogen and oxygen atoms in total. The Labute approximate surface area is 185 Å². The molecule has 1 fully saturated rings. The first-order valence-electron chi connectivity index (χ1n) is 11.3. The maximum atomic E-state index is 12.4. The number of allylic oxidation sites excluding steroid dienone is 1. The zero-order valence-corrected chi connectivity index (χ0v) is 18.8. The van der Waals surface area contributed by atoms with Crippen molar-refractivity contribution >= 4 is 17.7 Å². The number of esters is 1. The van der Waals surface area contributed by atoms with Crippen molar-refractivity contribution in [2.75, 3.05) is 20.3 Å². The molecule has 6 heteroatoms. The lowest BCUT2D eigenvalue weighted by molar-refractivity contribution is -0.143. The molecule has 0 saturated carbocycles. The lowest BCUT2D eigenvalue weighted by atomic mass is 10.0. The predicted octanol–water partition coefficient (Wildman–Crippen LogP) is 4.01. The van der Waals surface area contributed by atoms with E-state index in [1.165, 1.54) is 0 Å². The van der Waals surface area contributed by atoms with Crippen molar-refractivity contribution < 1.29 is 23.9 Å². The molecule has 1 aromatic rings.